The smallest absolute Gasteiger partial charge is 0.359 e. The van der Waals surface area contributed by atoms with E-state index in [1.807, 2.05) is 18.2 Å². The molecule has 0 saturated carbocycles. The number of esters is 1. The number of ether oxygens (including phenoxy) is 3. The molecule has 2 aromatic heterocycles. The lowest BCUT2D eigenvalue weighted by Gasteiger charge is -2.10. The van der Waals surface area contributed by atoms with Gasteiger partial charge in [-0.3, -0.25) is 4.79 Å². The second kappa shape index (κ2) is 8.22. The van der Waals surface area contributed by atoms with Gasteiger partial charge in [-0.05, 0) is 29.8 Å². The monoisotopic (exact) mass is 369 g/mol. The van der Waals surface area contributed by atoms with E-state index in [0.717, 1.165) is 5.56 Å². The summed E-state index contributed by atoms with van der Waals surface area (Å²) in [5.41, 5.74) is 1.60. The summed E-state index contributed by atoms with van der Waals surface area (Å²) in [5, 5.41) is 2.68. The van der Waals surface area contributed by atoms with E-state index >= 15 is 0 Å². The lowest BCUT2D eigenvalue weighted by Crippen LogP contribution is -2.28. The van der Waals surface area contributed by atoms with Crippen LogP contribution < -0.4 is 14.8 Å². The molecule has 1 aromatic carbocycles. The molecule has 0 bridgehead atoms. The van der Waals surface area contributed by atoms with E-state index in [4.69, 9.17) is 14.2 Å². The van der Waals surface area contributed by atoms with Gasteiger partial charge in [-0.25, -0.2) is 9.78 Å². The molecule has 0 unspecified atom stereocenters. The summed E-state index contributed by atoms with van der Waals surface area (Å²) in [6, 6.07) is 10.7. The third-order valence-corrected chi connectivity index (χ3v) is 3.85. The van der Waals surface area contributed by atoms with Gasteiger partial charge in [0.2, 0.25) is 0 Å². The number of nitrogens with zero attached hydrogens (tertiary/aromatic N) is 2. The van der Waals surface area contributed by atoms with Crippen LogP contribution in [0, 0.1) is 0 Å². The largest absolute Gasteiger partial charge is 0.493 e. The van der Waals surface area contributed by atoms with Crippen molar-refractivity contribution in [1.29, 1.82) is 0 Å². The van der Waals surface area contributed by atoms with Gasteiger partial charge in [0.05, 0.1) is 14.2 Å². The molecule has 0 aliphatic rings. The lowest BCUT2D eigenvalue weighted by atomic mass is 10.2. The van der Waals surface area contributed by atoms with E-state index in [9.17, 15) is 9.59 Å². The zero-order valence-electron chi connectivity index (χ0n) is 15.0. The molecule has 0 fully saturated rings. The Balaban J connectivity index is 1.51. The molecule has 1 N–H and O–H groups in total. The van der Waals surface area contributed by atoms with Gasteiger partial charge in [-0.1, -0.05) is 12.1 Å². The van der Waals surface area contributed by atoms with Crippen molar-refractivity contribution in [3.05, 3.63) is 60.0 Å². The zero-order chi connectivity index (χ0) is 19.2. The Labute approximate surface area is 155 Å². The number of imidazole rings is 1. The highest BCUT2D eigenvalue weighted by atomic mass is 16.5. The number of nitrogens with one attached hydrogen (secondary N) is 1. The Morgan fingerprint density at radius 2 is 1.93 bits per heavy atom. The number of aromatic nitrogens is 2. The van der Waals surface area contributed by atoms with Gasteiger partial charge < -0.3 is 23.9 Å². The van der Waals surface area contributed by atoms with Crippen LogP contribution in [0.2, 0.25) is 0 Å². The summed E-state index contributed by atoms with van der Waals surface area (Å²) in [7, 11) is 3.09. The fraction of sp³-hybridized carbons (Fsp3) is 0.211. The topological polar surface area (TPSA) is 91.2 Å². The number of carbonyl (C=O) groups is 2. The molecule has 140 valence electrons. The van der Waals surface area contributed by atoms with Crippen LogP contribution >= 0.6 is 0 Å². The molecular formula is C19H19N3O5. The predicted molar refractivity (Wildman–Crippen MR) is 96.9 cm³/mol. The maximum atomic E-state index is 12.0. The average Bonchev–Trinajstić information content (AvgIpc) is 3.14. The number of carbonyl (C=O) groups excluding carboxylic acids is 2. The highest BCUT2D eigenvalue weighted by molar-refractivity contribution is 5.90. The molecule has 0 aliphatic carbocycles. The number of hydrogen-bond acceptors (Lipinski definition) is 6. The third-order valence-electron chi connectivity index (χ3n) is 3.85. The molecule has 0 saturated heterocycles. The molecule has 1 amide bonds. The van der Waals surface area contributed by atoms with Gasteiger partial charge in [0, 0.05) is 18.9 Å². The van der Waals surface area contributed by atoms with Crippen molar-refractivity contribution < 1.29 is 23.8 Å². The van der Waals surface area contributed by atoms with E-state index in [-0.39, 0.29) is 18.8 Å². The molecule has 27 heavy (non-hydrogen) atoms. The lowest BCUT2D eigenvalue weighted by molar-refractivity contribution is -0.124. The maximum Gasteiger partial charge on any atom is 0.359 e. The van der Waals surface area contributed by atoms with Crippen molar-refractivity contribution in [1.82, 2.24) is 14.7 Å². The Kier molecular flexibility index (Phi) is 5.55. The van der Waals surface area contributed by atoms with Crippen molar-refractivity contribution >= 4 is 17.5 Å². The van der Waals surface area contributed by atoms with E-state index in [1.165, 1.54) is 0 Å². The quantitative estimate of drug-likeness (QED) is 0.639. The Hall–Kier alpha value is -3.55. The van der Waals surface area contributed by atoms with Crippen LogP contribution in [0.1, 0.15) is 16.1 Å². The minimum atomic E-state index is -0.653. The average molecular weight is 369 g/mol. The first-order valence-corrected chi connectivity index (χ1v) is 8.19. The highest BCUT2D eigenvalue weighted by Gasteiger charge is 2.14. The standard InChI is InChI=1S/C19H19N3O5/c1-25-15-7-6-13(9-16(15)26-2)10-20-18(23)12-27-19(24)14-11-22-8-4-3-5-17(22)21-14/h3-9,11H,10,12H2,1-2H3,(H,20,23). The second-order valence-corrected chi connectivity index (χ2v) is 5.63. The molecule has 0 radical (unpaired) electrons. The molecule has 0 spiro atoms. The van der Waals surface area contributed by atoms with Gasteiger partial charge in [0.1, 0.15) is 5.65 Å². The number of amides is 1. The fourth-order valence-corrected chi connectivity index (χ4v) is 2.48. The number of rotatable bonds is 7. The van der Waals surface area contributed by atoms with Gasteiger partial charge in [0.25, 0.3) is 5.91 Å². The van der Waals surface area contributed by atoms with Gasteiger partial charge >= 0.3 is 5.97 Å². The Morgan fingerprint density at radius 3 is 2.67 bits per heavy atom. The van der Waals surface area contributed by atoms with Crippen LogP contribution in [-0.4, -0.2) is 42.1 Å². The summed E-state index contributed by atoms with van der Waals surface area (Å²) >= 11 is 0. The normalized spacial score (nSPS) is 10.4. The third kappa shape index (κ3) is 4.35. The van der Waals surface area contributed by atoms with Crippen LogP contribution in [0.3, 0.4) is 0 Å². The van der Waals surface area contributed by atoms with Crippen molar-refractivity contribution in [3.63, 3.8) is 0 Å². The van der Waals surface area contributed by atoms with Crippen LogP contribution in [0.25, 0.3) is 5.65 Å². The van der Waals surface area contributed by atoms with Crippen LogP contribution in [0.15, 0.2) is 48.8 Å². The number of methoxy groups -OCH3 is 2. The molecule has 0 atom stereocenters. The number of hydrogen-bond donors (Lipinski definition) is 1. The zero-order valence-corrected chi connectivity index (χ0v) is 15.0. The fourth-order valence-electron chi connectivity index (χ4n) is 2.48. The van der Waals surface area contributed by atoms with E-state index < -0.39 is 11.9 Å². The van der Waals surface area contributed by atoms with Crippen molar-refractivity contribution in [2.45, 2.75) is 6.54 Å². The van der Waals surface area contributed by atoms with Crippen molar-refractivity contribution in [3.8, 4) is 11.5 Å². The molecule has 8 nitrogen and oxygen atoms in total. The van der Waals surface area contributed by atoms with Crippen LogP contribution in [0.5, 0.6) is 11.5 Å². The first-order valence-electron chi connectivity index (χ1n) is 8.19. The molecule has 3 aromatic rings. The summed E-state index contributed by atoms with van der Waals surface area (Å²) in [4.78, 5) is 28.1. The SMILES string of the molecule is COc1ccc(CNC(=O)COC(=O)c2cn3ccccc3n2)cc1OC. The molecular weight excluding hydrogens is 350 g/mol. The van der Waals surface area contributed by atoms with E-state index in [2.05, 4.69) is 10.3 Å². The van der Waals surface area contributed by atoms with Gasteiger partial charge in [-0.2, -0.15) is 0 Å². The Bertz CT molecular complexity index is 934. The van der Waals surface area contributed by atoms with Gasteiger partial charge in [-0.15, -0.1) is 0 Å². The highest BCUT2D eigenvalue weighted by Crippen LogP contribution is 2.27. The first-order chi connectivity index (χ1) is 13.1. The summed E-state index contributed by atoms with van der Waals surface area (Å²) < 4.78 is 17.1. The van der Waals surface area contributed by atoms with Crippen LogP contribution in [0.4, 0.5) is 0 Å². The number of fused-ring (bicyclic) bond motifs is 1. The first kappa shape index (κ1) is 18.2. The summed E-state index contributed by atoms with van der Waals surface area (Å²) in [5.74, 6) is 0.110. The number of benzene rings is 1. The minimum absolute atomic E-state index is 0.147. The van der Waals surface area contributed by atoms with Crippen molar-refractivity contribution in [2.24, 2.45) is 0 Å². The Morgan fingerprint density at radius 1 is 1.11 bits per heavy atom. The molecule has 0 aliphatic heterocycles. The van der Waals surface area contributed by atoms with E-state index in [0.29, 0.717) is 17.1 Å². The molecule has 8 heteroatoms. The molecule has 3 rings (SSSR count). The molecule has 2 heterocycles. The van der Waals surface area contributed by atoms with Crippen LogP contribution in [-0.2, 0) is 16.1 Å². The number of pyridine rings is 1. The summed E-state index contributed by atoms with van der Waals surface area (Å²) in [6.07, 6.45) is 3.33. The van der Waals surface area contributed by atoms with Gasteiger partial charge in [0.15, 0.2) is 23.8 Å². The van der Waals surface area contributed by atoms with Crippen molar-refractivity contribution in [2.75, 3.05) is 20.8 Å². The minimum Gasteiger partial charge on any atom is -0.493 e. The van der Waals surface area contributed by atoms with E-state index in [1.54, 1.807) is 49.2 Å². The maximum absolute atomic E-state index is 12.0. The second-order valence-electron chi connectivity index (χ2n) is 5.63. The predicted octanol–water partition coefficient (Wildman–Crippen LogP) is 1.82. The summed E-state index contributed by atoms with van der Waals surface area (Å²) in [6.45, 7) is -0.120.